The number of aromatic nitrogens is 1. The van der Waals surface area contributed by atoms with Gasteiger partial charge in [0.15, 0.2) is 5.13 Å². The predicted octanol–water partition coefficient (Wildman–Crippen LogP) is 3.39. The lowest BCUT2D eigenvalue weighted by molar-refractivity contribution is 0.102. The third kappa shape index (κ3) is 2.65. The van der Waals surface area contributed by atoms with E-state index in [-0.39, 0.29) is 11.5 Å². The molecule has 1 aliphatic heterocycles. The van der Waals surface area contributed by atoms with Crippen LogP contribution in [0.3, 0.4) is 0 Å². The van der Waals surface area contributed by atoms with Crippen molar-refractivity contribution in [3.8, 4) is 0 Å². The Morgan fingerprint density at radius 1 is 1.42 bits per heavy atom. The first-order chi connectivity index (χ1) is 8.94. The molecule has 0 amide bonds. The van der Waals surface area contributed by atoms with E-state index in [2.05, 4.69) is 25.7 Å². The molecule has 4 heteroatoms. The highest BCUT2D eigenvalue weighted by Crippen LogP contribution is 2.45. The van der Waals surface area contributed by atoms with Crippen LogP contribution in [0.15, 0.2) is 0 Å². The van der Waals surface area contributed by atoms with Crippen molar-refractivity contribution in [3.63, 3.8) is 0 Å². The van der Waals surface area contributed by atoms with Gasteiger partial charge >= 0.3 is 0 Å². The predicted molar refractivity (Wildman–Crippen MR) is 79.8 cm³/mol. The standard InChI is InChI=1S/C15H24N2OS/c1-10-5-4-6-17(9-10)14-16-11-7-15(2,3)8-12(18)13(11)19-14/h10,12,18H,4-9H2,1-3H3. The number of aliphatic hydroxyl groups excluding tert-OH is 1. The van der Waals surface area contributed by atoms with Crippen molar-refractivity contribution in [2.75, 3.05) is 18.0 Å². The molecule has 2 atom stereocenters. The summed E-state index contributed by atoms with van der Waals surface area (Å²) in [5, 5.41) is 11.4. The molecule has 0 aromatic carbocycles. The van der Waals surface area contributed by atoms with E-state index in [4.69, 9.17) is 4.98 Å². The summed E-state index contributed by atoms with van der Waals surface area (Å²) >= 11 is 1.72. The smallest absolute Gasteiger partial charge is 0.185 e. The Balaban J connectivity index is 1.86. The largest absolute Gasteiger partial charge is 0.387 e. The number of aliphatic hydroxyl groups is 1. The molecule has 1 saturated heterocycles. The van der Waals surface area contributed by atoms with E-state index in [1.807, 2.05) is 0 Å². The Morgan fingerprint density at radius 2 is 2.21 bits per heavy atom. The van der Waals surface area contributed by atoms with Gasteiger partial charge in [0.05, 0.1) is 16.7 Å². The molecule has 2 unspecified atom stereocenters. The number of hydrogen-bond donors (Lipinski definition) is 1. The van der Waals surface area contributed by atoms with E-state index in [0.717, 1.165) is 47.6 Å². The third-order valence-electron chi connectivity index (χ3n) is 4.34. The van der Waals surface area contributed by atoms with Gasteiger partial charge < -0.3 is 10.0 Å². The first-order valence-corrected chi connectivity index (χ1v) is 8.19. The average Bonchev–Trinajstić information content (AvgIpc) is 2.71. The van der Waals surface area contributed by atoms with Crippen LogP contribution in [-0.2, 0) is 6.42 Å². The summed E-state index contributed by atoms with van der Waals surface area (Å²) < 4.78 is 0. The van der Waals surface area contributed by atoms with Gasteiger partial charge in [0.1, 0.15) is 0 Å². The molecular weight excluding hydrogens is 256 g/mol. The van der Waals surface area contributed by atoms with Gasteiger partial charge in [-0.1, -0.05) is 32.1 Å². The molecule has 1 N–H and O–H groups in total. The van der Waals surface area contributed by atoms with Crippen molar-refractivity contribution >= 4 is 16.5 Å². The fourth-order valence-corrected chi connectivity index (χ4v) is 4.48. The van der Waals surface area contributed by atoms with Crippen molar-refractivity contribution in [2.45, 2.75) is 52.6 Å². The quantitative estimate of drug-likeness (QED) is 0.856. The number of anilines is 1. The minimum Gasteiger partial charge on any atom is -0.387 e. The van der Waals surface area contributed by atoms with Crippen LogP contribution in [0.5, 0.6) is 0 Å². The van der Waals surface area contributed by atoms with Crippen LogP contribution in [0.4, 0.5) is 5.13 Å². The summed E-state index contributed by atoms with van der Waals surface area (Å²) in [7, 11) is 0. The van der Waals surface area contributed by atoms with E-state index < -0.39 is 0 Å². The number of hydrogen-bond acceptors (Lipinski definition) is 4. The van der Waals surface area contributed by atoms with E-state index in [1.165, 1.54) is 12.8 Å². The van der Waals surface area contributed by atoms with Gasteiger partial charge in [-0.2, -0.15) is 0 Å². The molecule has 1 aliphatic carbocycles. The van der Waals surface area contributed by atoms with Gasteiger partial charge in [0.2, 0.25) is 0 Å². The fraction of sp³-hybridized carbons (Fsp3) is 0.800. The molecule has 1 aromatic rings. The number of nitrogens with zero attached hydrogens (tertiary/aromatic N) is 2. The lowest BCUT2D eigenvalue weighted by Crippen LogP contribution is -2.34. The molecule has 3 nitrogen and oxygen atoms in total. The number of rotatable bonds is 1. The second kappa shape index (κ2) is 4.74. The zero-order chi connectivity index (χ0) is 13.6. The maximum Gasteiger partial charge on any atom is 0.185 e. The lowest BCUT2D eigenvalue weighted by atomic mass is 9.77. The van der Waals surface area contributed by atoms with Crippen LogP contribution in [-0.4, -0.2) is 23.2 Å². The van der Waals surface area contributed by atoms with Crippen molar-refractivity contribution < 1.29 is 5.11 Å². The van der Waals surface area contributed by atoms with Gasteiger partial charge in [0.25, 0.3) is 0 Å². The van der Waals surface area contributed by atoms with Crippen molar-refractivity contribution in [1.82, 2.24) is 4.98 Å². The molecule has 0 saturated carbocycles. The summed E-state index contributed by atoms with van der Waals surface area (Å²) in [4.78, 5) is 8.37. The van der Waals surface area contributed by atoms with Crippen molar-refractivity contribution in [2.24, 2.45) is 11.3 Å². The highest BCUT2D eigenvalue weighted by molar-refractivity contribution is 7.15. The van der Waals surface area contributed by atoms with Crippen LogP contribution in [0.2, 0.25) is 0 Å². The molecule has 1 aromatic heterocycles. The zero-order valence-corrected chi connectivity index (χ0v) is 13.0. The van der Waals surface area contributed by atoms with Crippen LogP contribution in [0, 0.1) is 11.3 Å². The molecule has 19 heavy (non-hydrogen) atoms. The molecular formula is C15H24N2OS. The Hall–Kier alpha value is -0.610. The Bertz CT molecular complexity index is 469. The first kappa shape index (κ1) is 13.4. The number of fused-ring (bicyclic) bond motifs is 1. The summed E-state index contributed by atoms with van der Waals surface area (Å²) in [6, 6.07) is 0. The minimum atomic E-state index is -0.313. The maximum absolute atomic E-state index is 10.3. The summed E-state index contributed by atoms with van der Waals surface area (Å²) in [6.07, 6.45) is 4.14. The molecule has 0 radical (unpaired) electrons. The van der Waals surface area contributed by atoms with E-state index >= 15 is 0 Å². The fourth-order valence-electron chi connectivity index (χ4n) is 3.38. The molecule has 1 fully saturated rings. The normalized spacial score (nSPS) is 30.2. The second-order valence-electron chi connectivity index (χ2n) is 7.06. The van der Waals surface area contributed by atoms with E-state index in [1.54, 1.807) is 11.3 Å². The summed E-state index contributed by atoms with van der Waals surface area (Å²) in [6.45, 7) is 9.00. The minimum absolute atomic E-state index is 0.174. The van der Waals surface area contributed by atoms with Gasteiger partial charge in [0, 0.05) is 13.1 Å². The van der Waals surface area contributed by atoms with Crippen LogP contribution >= 0.6 is 11.3 Å². The highest BCUT2D eigenvalue weighted by atomic mass is 32.1. The van der Waals surface area contributed by atoms with Gasteiger partial charge in [-0.05, 0) is 37.0 Å². The third-order valence-corrected chi connectivity index (χ3v) is 5.60. The first-order valence-electron chi connectivity index (χ1n) is 7.37. The van der Waals surface area contributed by atoms with Crippen molar-refractivity contribution in [3.05, 3.63) is 10.6 Å². The Morgan fingerprint density at radius 3 is 2.95 bits per heavy atom. The number of thiazole rings is 1. The highest BCUT2D eigenvalue weighted by Gasteiger charge is 2.35. The van der Waals surface area contributed by atoms with Crippen LogP contribution < -0.4 is 4.90 Å². The monoisotopic (exact) mass is 280 g/mol. The lowest BCUT2D eigenvalue weighted by Gasteiger charge is -2.31. The summed E-state index contributed by atoms with van der Waals surface area (Å²) in [5.41, 5.74) is 1.31. The molecule has 0 bridgehead atoms. The van der Waals surface area contributed by atoms with Gasteiger partial charge in [-0.25, -0.2) is 4.98 Å². The van der Waals surface area contributed by atoms with Crippen LogP contribution in [0.25, 0.3) is 0 Å². The molecule has 3 rings (SSSR count). The Labute approximate surface area is 119 Å². The molecule has 2 aliphatic rings. The Kier molecular flexibility index (Phi) is 3.34. The van der Waals surface area contributed by atoms with E-state index in [9.17, 15) is 5.11 Å². The van der Waals surface area contributed by atoms with Crippen molar-refractivity contribution in [1.29, 1.82) is 0 Å². The average molecular weight is 280 g/mol. The second-order valence-corrected chi connectivity index (χ2v) is 8.07. The molecule has 2 heterocycles. The number of piperidine rings is 1. The van der Waals surface area contributed by atoms with E-state index in [0.29, 0.717) is 0 Å². The topological polar surface area (TPSA) is 36.4 Å². The summed E-state index contributed by atoms with van der Waals surface area (Å²) in [5.74, 6) is 0.760. The molecule has 0 spiro atoms. The van der Waals surface area contributed by atoms with Crippen LogP contribution in [0.1, 0.15) is 56.7 Å². The SMILES string of the molecule is CC1CCCN(c2nc3c(s2)C(O)CC(C)(C)C3)C1. The molecule has 106 valence electrons. The van der Waals surface area contributed by atoms with Gasteiger partial charge in [-0.3, -0.25) is 0 Å². The zero-order valence-electron chi connectivity index (χ0n) is 12.1. The maximum atomic E-state index is 10.3. The van der Waals surface area contributed by atoms with Gasteiger partial charge in [-0.15, -0.1) is 0 Å².